The number of alkyl halides is 1. The van der Waals surface area contributed by atoms with Gasteiger partial charge in [-0.1, -0.05) is 40.2 Å². The Labute approximate surface area is 101 Å². The van der Waals surface area contributed by atoms with E-state index in [4.69, 9.17) is 0 Å². The molecule has 0 unspecified atom stereocenters. The van der Waals surface area contributed by atoms with E-state index in [1.54, 1.807) is 18.2 Å². The number of carbonyl (C=O) groups excluding carboxylic acids is 2. The normalized spacial score (nSPS) is 14.3. The molecule has 0 aromatic heterocycles. The van der Waals surface area contributed by atoms with Crippen LogP contribution in [-0.4, -0.2) is 17.3 Å². The van der Waals surface area contributed by atoms with Gasteiger partial charge >= 0.3 is 11.9 Å². The molecule has 2 rings (SSSR count). The second-order valence-corrected chi connectivity index (χ2v) is 4.12. The van der Waals surface area contributed by atoms with Crippen molar-refractivity contribution in [1.82, 2.24) is 0 Å². The molecule has 1 aromatic rings. The van der Waals surface area contributed by atoms with E-state index in [0.717, 1.165) is 17.3 Å². The summed E-state index contributed by atoms with van der Waals surface area (Å²) in [6, 6.07) is 5.14. The zero-order valence-electron chi connectivity index (χ0n) is 8.40. The number of hydrogen-bond acceptors (Lipinski definition) is 3. The predicted molar refractivity (Wildman–Crippen MR) is 63.6 cm³/mol. The Hall–Kier alpha value is -1.42. The summed E-state index contributed by atoms with van der Waals surface area (Å²) in [7, 11) is 0. The summed E-state index contributed by atoms with van der Waals surface area (Å²) < 4.78 is 4.56. The average molecular weight is 281 g/mol. The van der Waals surface area contributed by atoms with Crippen molar-refractivity contribution in [2.75, 3.05) is 5.33 Å². The van der Waals surface area contributed by atoms with E-state index in [1.807, 2.05) is 12.2 Å². The monoisotopic (exact) mass is 280 g/mol. The first-order valence-electron chi connectivity index (χ1n) is 4.86. The summed E-state index contributed by atoms with van der Waals surface area (Å²) in [5.41, 5.74) is 1.46. The molecular formula is C12H9BrO3. The summed E-state index contributed by atoms with van der Waals surface area (Å²) in [6.45, 7) is 0. The number of halogens is 1. The van der Waals surface area contributed by atoms with Gasteiger partial charge in [-0.25, -0.2) is 9.59 Å². The molecule has 4 heteroatoms. The summed E-state index contributed by atoms with van der Waals surface area (Å²) in [4.78, 5) is 22.7. The molecule has 0 amide bonds. The minimum absolute atomic E-state index is 0.353. The lowest BCUT2D eigenvalue weighted by Crippen LogP contribution is -1.98. The van der Waals surface area contributed by atoms with Gasteiger partial charge in [0.2, 0.25) is 0 Å². The van der Waals surface area contributed by atoms with Crippen molar-refractivity contribution in [2.24, 2.45) is 0 Å². The van der Waals surface area contributed by atoms with Crippen LogP contribution in [0.3, 0.4) is 0 Å². The Morgan fingerprint density at radius 3 is 2.81 bits per heavy atom. The van der Waals surface area contributed by atoms with Crippen LogP contribution in [0.4, 0.5) is 0 Å². The molecule has 0 fully saturated rings. The topological polar surface area (TPSA) is 43.4 Å². The number of fused-ring (bicyclic) bond motifs is 1. The van der Waals surface area contributed by atoms with Crippen LogP contribution in [0.2, 0.25) is 0 Å². The van der Waals surface area contributed by atoms with Crippen molar-refractivity contribution >= 4 is 33.9 Å². The molecular weight excluding hydrogens is 272 g/mol. The third-order valence-electron chi connectivity index (χ3n) is 2.28. The first-order valence-corrected chi connectivity index (χ1v) is 5.98. The van der Waals surface area contributed by atoms with Crippen LogP contribution in [0.1, 0.15) is 32.7 Å². The summed E-state index contributed by atoms with van der Waals surface area (Å²) in [5.74, 6) is -1.12. The number of ether oxygens (including phenoxy) is 1. The van der Waals surface area contributed by atoms with Gasteiger partial charge in [0.25, 0.3) is 0 Å². The third-order valence-corrected chi connectivity index (χ3v) is 2.74. The van der Waals surface area contributed by atoms with Crippen LogP contribution < -0.4 is 0 Å². The Bertz CT molecular complexity index is 477. The van der Waals surface area contributed by atoms with Crippen molar-refractivity contribution in [3.8, 4) is 0 Å². The maximum absolute atomic E-state index is 11.4. The summed E-state index contributed by atoms with van der Waals surface area (Å²) >= 11 is 3.31. The van der Waals surface area contributed by atoms with E-state index in [0.29, 0.717) is 11.1 Å². The SMILES string of the molecule is O=C1OC(=O)c2c(C=CCCBr)cccc21. The molecule has 1 aliphatic rings. The lowest BCUT2D eigenvalue weighted by atomic mass is 10.0. The van der Waals surface area contributed by atoms with Crippen LogP contribution in [0.5, 0.6) is 0 Å². The van der Waals surface area contributed by atoms with Crippen molar-refractivity contribution in [3.05, 3.63) is 41.0 Å². The molecule has 3 nitrogen and oxygen atoms in total. The smallest absolute Gasteiger partial charge is 0.347 e. The summed E-state index contributed by atoms with van der Waals surface area (Å²) in [6.07, 6.45) is 4.65. The molecule has 0 aliphatic carbocycles. The predicted octanol–water partition coefficient (Wildman–Crippen LogP) is 2.80. The highest BCUT2D eigenvalue weighted by Crippen LogP contribution is 2.24. The van der Waals surface area contributed by atoms with E-state index in [1.165, 1.54) is 0 Å². The van der Waals surface area contributed by atoms with Crippen molar-refractivity contribution in [1.29, 1.82) is 0 Å². The van der Waals surface area contributed by atoms with Gasteiger partial charge in [-0.2, -0.15) is 0 Å². The number of benzene rings is 1. The van der Waals surface area contributed by atoms with Crippen LogP contribution in [0, 0.1) is 0 Å². The van der Waals surface area contributed by atoms with E-state index in [9.17, 15) is 9.59 Å². The van der Waals surface area contributed by atoms with Crippen LogP contribution >= 0.6 is 15.9 Å². The Kier molecular flexibility index (Phi) is 3.19. The maximum Gasteiger partial charge on any atom is 0.347 e. The van der Waals surface area contributed by atoms with Gasteiger partial charge in [0, 0.05) is 5.33 Å². The molecule has 0 spiro atoms. The first kappa shape index (κ1) is 11.1. The van der Waals surface area contributed by atoms with Gasteiger partial charge in [0.05, 0.1) is 11.1 Å². The standard InChI is InChI=1S/C12H9BrO3/c13-7-2-1-4-8-5-3-6-9-10(8)12(15)16-11(9)14/h1,3-6H,2,7H2. The highest BCUT2D eigenvalue weighted by molar-refractivity contribution is 9.09. The highest BCUT2D eigenvalue weighted by atomic mass is 79.9. The lowest BCUT2D eigenvalue weighted by molar-refractivity contribution is 0.0444. The lowest BCUT2D eigenvalue weighted by Gasteiger charge is -1.98. The minimum Gasteiger partial charge on any atom is -0.386 e. The van der Waals surface area contributed by atoms with Crippen molar-refractivity contribution in [3.63, 3.8) is 0 Å². The zero-order valence-corrected chi connectivity index (χ0v) is 9.99. The van der Waals surface area contributed by atoms with Crippen molar-refractivity contribution in [2.45, 2.75) is 6.42 Å². The first-order chi connectivity index (χ1) is 7.74. The molecule has 0 atom stereocenters. The molecule has 1 aromatic carbocycles. The quantitative estimate of drug-likeness (QED) is 0.486. The molecule has 1 heterocycles. The number of hydrogen-bond donors (Lipinski definition) is 0. The maximum atomic E-state index is 11.4. The average Bonchev–Trinajstić information content (AvgIpc) is 2.56. The molecule has 82 valence electrons. The number of rotatable bonds is 3. The van der Waals surface area contributed by atoms with Crippen LogP contribution in [0.25, 0.3) is 6.08 Å². The Morgan fingerprint density at radius 1 is 1.25 bits per heavy atom. The highest BCUT2D eigenvalue weighted by Gasteiger charge is 2.31. The van der Waals surface area contributed by atoms with Gasteiger partial charge < -0.3 is 4.74 Å². The number of cyclic esters (lactones) is 2. The fraction of sp³-hybridized carbons (Fsp3) is 0.167. The van der Waals surface area contributed by atoms with E-state index < -0.39 is 11.9 Å². The Morgan fingerprint density at radius 2 is 2.06 bits per heavy atom. The largest absolute Gasteiger partial charge is 0.386 e. The van der Waals surface area contributed by atoms with Gasteiger partial charge in [-0.15, -0.1) is 0 Å². The molecule has 0 saturated heterocycles. The molecule has 0 saturated carbocycles. The second kappa shape index (κ2) is 4.61. The molecule has 0 bridgehead atoms. The number of esters is 2. The second-order valence-electron chi connectivity index (χ2n) is 3.33. The number of carbonyl (C=O) groups is 2. The van der Waals surface area contributed by atoms with Crippen LogP contribution in [-0.2, 0) is 4.74 Å². The van der Waals surface area contributed by atoms with E-state index in [2.05, 4.69) is 20.7 Å². The zero-order chi connectivity index (χ0) is 11.5. The number of allylic oxidation sites excluding steroid dienone is 1. The van der Waals surface area contributed by atoms with Gasteiger partial charge in [0.1, 0.15) is 0 Å². The summed E-state index contributed by atoms with van der Waals surface area (Å²) in [5, 5.41) is 0.863. The van der Waals surface area contributed by atoms with Gasteiger partial charge in [0.15, 0.2) is 0 Å². The fourth-order valence-corrected chi connectivity index (χ4v) is 1.83. The van der Waals surface area contributed by atoms with Crippen LogP contribution in [0.15, 0.2) is 24.3 Å². The van der Waals surface area contributed by atoms with Gasteiger partial charge in [-0.05, 0) is 18.1 Å². The fourth-order valence-electron chi connectivity index (χ4n) is 1.57. The molecule has 0 radical (unpaired) electrons. The van der Waals surface area contributed by atoms with Gasteiger partial charge in [-0.3, -0.25) is 0 Å². The third kappa shape index (κ3) is 1.93. The molecule has 1 aliphatic heterocycles. The molecule has 0 N–H and O–H groups in total. The minimum atomic E-state index is -0.559. The van der Waals surface area contributed by atoms with E-state index in [-0.39, 0.29) is 0 Å². The Balaban J connectivity index is 2.41. The van der Waals surface area contributed by atoms with E-state index >= 15 is 0 Å². The molecule has 16 heavy (non-hydrogen) atoms. The van der Waals surface area contributed by atoms with Crippen molar-refractivity contribution < 1.29 is 14.3 Å².